The van der Waals surface area contributed by atoms with Crippen LogP contribution in [0.2, 0.25) is 0 Å². The zero-order valence-corrected chi connectivity index (χ0v) is 41.2. The Morgan fingerprint density at radius 2 is 1.41 bits per heavy atom. The summed E-state index contributed by atoms with van der Waals surface area (Å²) in [6.45, 7) is 28.4. The van der Waals surface area contributed by atoms with Crippen molar-refractivity contribution >= 4 is 29.8 Å². The molecule has 8 aliphatic carbocycles. The normalized spacial score (nSPS) is 46.0. The molecule has 0 N–H and O–H groups in total. The molecular formula is C54H84N2O7. The van der Waals surface area contributed by atoms with E-state index in [1.807, 2.05) is 20.8 Å². The Bertz CT molecular complexity index is 1870. The summed E-state index contributed by atoms with van der Waals surface area (Å²) in [5.74, 6) is 3.40. The predicted molar refractivity (Wildman–Crippen MR) is 244 cm³/mol. The van der Waals surface area contributed by atoms with Crippen LogP contribution in [-0.2, 0) is 33.5 Å². The summed E-state index contributed by atoms with van der Waals surface area (Å²) in [6, 6.07) is 0. The summed E-state index contributed by atoms with van der Waals surface area (Å²) < 4.78 is 11.8. The number of hydrogen-bond acceptors (Lipinski definition) is 8. The molecule has 0 aromatic carbocycles. The van der Waals surface area contributed by atoms with Crippen LogP contribution in [-0.4, -0.2) is 66.6 Å². The first-order valence-electron chi connectivity index (χ1n) is 25.8. The Morgan fingerprint density at radius 3 is 2.05 bits per heavy atom. The van der Waals surface area contributed by atoms with Crippen LogP contribution >= 0.6 is 0 Å². The second-order valence-corrected chi connectivity index (χ2v) is 26.1. The van der Waals surface area contributed by atoms with E-state index in [9.17, 15) is 14.4 Å². The number of hydrogen-bond donors (Lipinski definition) is 0. The SMILES string of the molecule is CCON=C1CCN(C(=O)[C@H]2C[C@@H](CC(=O)[C@]34CC[C@@H](C5(C)CC5)[C@@H]3[C@H]3CC[C@@H]5[C@@]6(C)CC[C@H](OC(=O)[C@H]7C[C@@H](OC=O)C7(C)C)C(C)(C)[C@@H]6CC[C@@]5(C)[C@]3(C)CC4)C2(C)C)CC1. The van der Waals surface area contributed by atoms with E-state index >= 15 is 4.79 Å². The molecule has 0 aromatic heterocycles. The van der Waals surface area contributed by atoms with Gasteiger partial charge in [-0.25, -0.2) is 0 Å². The van der Waals surface area contributed by atoms with Crippen LogP contribution < -0.4 is 0 Å². The van der Waals surface area contributed by atoms with Crippen molar-refractivity contribution in [1.29, 1.82) is 0 Å². The fourth-order valence-electron chi connectivity index (χ4n) is 18.1. The van der Waals surface area contributed by atoms with Crippen molar-refractivity contribution in [2.45, 2.75) is 198 Å². The standard InChI is InChI=1S/C54H84N2O7/c1-12-62-55-34-18-27-56(28-19-34)45(59)37-29-33(47(37,2)3)30-41(58)54-22-15-35(50(8)23-24-50)44(54)36-13-14-40-51(9)20-17-42(63-46(60)38-31-43(61-32-57)48(38,4)5)49(6,7)39(51)16-21-53(40,11)52(36,10)25-26-54/h32-33,35-40,42-44H,12-31H2,1-11H3/t33-,35+,36+,37+,38+,39-,40+,42-,43+,44+,51-,52+,53+,54+/m0/s1. The molecular weight excluding hydrogens is 789 g/mol. The second kappa shape index (κ2) is 15.3. The third-order valence-electron chi connectivity index (χ3n) is 23.0. The topological polar surface area (TPSA) is 112 Å². The minimum absolute atomic E-state index is 0.0175. The second-order valence-electron chi connectivity index (χ2n) is 26.1. The van der Waals surface area contributed by atoms with E-state index in [0.29, 0.717) is 79.8 Å². The number of piperidine rings is 1. The van der Waals surface area contributed by atoms with Gasteiger partial charge in [0.25, 0.3) is 6.47 Å². The molecule has 9 nitrogen and oxygen atoms in total. The van der Waals surface area contributed by atoms with Gasteiger partial charge >= 0.3 is 5.97 Å². The van der Waals surface area contributed by atoms with Crippen LogP contribution in [0, 0.1) is 90.7 Å². The fraction of sp³-hybridized carbons (Fsp3) is 0.907. The molecule has 8 saturated carbocycles. The number of ketones is 1. The molecule has 14 atom stereocenters. The number of likely N-dealkylation sites (tertiary alicyclic amines) is 1. The minimum Gasteiger partial charge on any atom is -0.464 e. The Morgan fingerprint density at radius 1 is 0.698 bits per heavy atom. The molecule has 9 fully saturated rings. The average molecular weight is 873 g/mol. The summed E-state index contributed by atoms with van der Waals surface area (Å²) in [7, 11) is 0. The first kappa shape index (κ1) is 45.7. The Kier molecular flexibility index (Phi) is 11.1. The number of oxime groups is 1. The molecule has 9 aliphatic rings. The van der Waals surface area contributed by atoms with Gasteiger partial charge in [0.05, 0.1) is 11.6 Å². The van der Waals surface area contributed by atoms with Crippen molar-refractivity contribution < 1.29 is 33.5 Å². The maximum Gasteiger partial charge on any atom is 0.310 e. The number of ether oxygens (including phenoxy) is 2. The third kappa shape index (κ3) is 6.62. The highest BCUT2D eigenvalue weighted by Gasteiger charge is 2.74. The van der Waals surface area contributed by atoms with Crippen LogP contribution in [0.4, 0.5) is 0 Å². The molecule has 1 heterocycles. The molecule has 1 aliphatic heterocycles. The molecule has 0 bridgehead atoms. The van der Waals surface area contributed by atoms with Crippen molar-refractivity contribution in [3.05, 3.63) is 0 Å². The molecule has 9 heteroatoms. The van der Waals surface area contributed by atoms with Crippen LogP contribution in [0.5, 0.6) is 0 Å². The monoisotopic (exact) mass is 873 g/mol. The fourth-order valence-corrected chi connectivity index (χ4v) is 18.1. The van der Waals surface area contributed by atoms with Gasteiger partial charge in [-0.3, -0.25) is 19.2 Å². The van der Waals surface area contributed by atoms with Gasteiger partial charge in [-0.15, -0.1) is 0 Å². The van der Waals surface area contributed by atoms with Crippen molar-refractivity contribution in [3.8, 4) is 0 Å². The van der Waals surface area contributed by atoms with E-state index in [-0.39, 0.29) is 74.3 Å². The highest BCUT2D eigenvalue weighted by Crippen LogP contribution is 2.79. The average Bonchev–Trinajstić information content (AvgIpc) is 3.85. The summed E-state index contributed by atoms with van der Waals surface area (Å²) in [5, 5.41) is 4.26. The summed E-state index contributed by atoms with van der Waals surface area (Å²) in [5.41, 5.74) is 0.970. The number of nitrogens with zero attached hydrogens (tertiary/aromatic N) is 2. The largest absolute Gasteiger partial charge is 0.464 e. The lowest BCUT2D eigenvalue weighted by atomic mass is 9.32. The van der Waals surface area contributed by atoms with Gasteiger partial charge in [-0.1, -0.05) is 74.4 Å². The van der Waals surface area contributed by atoms with Gasteiger partial charge in [0.15, 0.2) is 0 Å². The van der Waals surface area contributed by atoms with E-state index in [0.717, 1.165) is 63.5 Å². The summed E-state index contributed by atoms with van der Waals surface area (Å²) >= 11 is 0. The Hall–Kier alpha value is -2.45. The molecule has 1 amide bonds. The first-order chi connectivity index (χ1) is 29.5. The smallest absolute Gasteiger partial charge is 0.310 e. The predicted octanol–water partition coefficient (Wildman–Crippen LogP) is 11.0. The van der Waals surface area contributed by atoms with Crippen molar-refractivity contribution in [2.24, 2.45) is 95.8 Å². The molecule has 352 valence electrons. The van der Waals surface area contributed by atoms with E-state index in [1.165, 1.54) is 38.5 Å². The number of rotatable bonds is 11. The van der Waals surface area contributed by atoms with Crippen LogP contribution in [0.25, 0.3) is 0 Å². The first-order valence-corrected chi connectivity index (χ1v) is 25.8. The van der Waals surface area contributed by atoms with Crippen LogP contribution in [0.1, 0.15) is 185 Å². The van der Waals surface area contributed by atoms with Gasteiger partial charge in [0.1, 0.15) is 24.6 Å². The number of amides is 1. The van der Waals surface area contributed by atoms with E-state index in [2.05, 4.69) is 65.4 Å². The van der Waals surface area contributed by atoms with Crippen molar-refractivity contribution in [3.63, 3.8) is 0 Å². The molecule has 0 spiro atoms. The molecule has 63 heavy (non-hydrogen) atoms. The van der Waals surface area contributed by atoms with E-state index < -0.39 is 5.41 Å². The maximum atomic E-state index is 15.4. The highest BCUT2D eigenvalue weighted by molar-refractivity contribution is 5.89. The highest BCUT2D eigenvalue weighted by atomic mass is 16.6. The zero-order chi connectivity index (χ0) is 45.3. The maximum absolute atomic E-state index is 15.4. The third-order valence-corrected chi connectivity index (χ3v) is 23.0. The van der Waals surface area contributed by atoms with E-state index in [4.69, 9.17) is 14.3 Å². The number of carbonyl (C=O) groups is 4. The molecule has 0 unspecified atom stereocenters. The number of esters is 1. The Balaban J connectivity index is 0.908. The van der Waals surface area contributed by atoms with Gasteiger partial charge in [-0.2, -0.15) is 0 Å². The lowest BCUT2D eigenvalue weighted by Crippen LogP contribution is -2.67. The molecule has 1 saturated heterocycles. The molecule has 0 aromatic rings. The quantitative estimate of drug-likeness (QED) is 0.115. The van der Waals surface area contributed by atoms with Crippen molar-refractivity contribution in [1.82, 2.24) is 4.90 Å². The number of fused-ring (bicyclic) bond motifs is 7. The van der Waals surface area contributed by atoms with Gasteiger partial charge in [0.2, 0.25) is 5.91 Å². The minimum atomic E-state index is -0.417. The molecule has 0 radical (unpaired) electrons. The molecule has 9 rings (SSSR count). The number of carbonyl (C=O) groups excluding carboxylic acids is 4. The van der Waals surface area contributed by atoms with Gasteiger partial charge < -0.3 is 19.2 Å². The van der Waals surface area contributed by atoms with Gasteiger partial charge in [0, 0.05) is 54.5 Å². The number of Topliss-reactive ketones (excluding diaryl/α,β-unsaturated/α-hetero) is 1. The lowest BCUT2D eigenvalue weighted by Gasteiger charge is -2.73. The van der Waals surface area contributed by atoms with Crippen LogP contribution in [0.15, 0.2) is 5.16 Å². The van der Waals surface area contributed by atoms with Crippen LogP contribution in [0.3, 0.4) is 0 Å². The lowest BCUT2D eigenvalue weighted by molar-refractivity contribution is -0.253. The van der Waals surface area contributed by atoms with Gasteiger partial charge in [-0.05, 0) is 159 Å². The zero-order valence-electron chi connectivity index (χ0n) is 41.2. The summed E-state index contributed by atoms with van der Waals surface area (Å²) in [4.78, 5) is 61.6. The van der Waals surface area contributed by atoms with E-state index in [1.54, 1.807) is 0 Å². The summed E-state index contributed by atoms with van der Waals surface area (Å²) in [6.07, 6.45) is 17.1. The van der Waals surface area contributed by atoms with Crippen molar-refractivity contribution in [2.75, 3.05) is 19.7 Å². The Labute approximate surface area is 380 Å².